The van der Waals surface area contributed by atoms with E-state index in [0.29, 0.717) is 10.6 Å². The molecule has 2 amide bonds. The van der Waals surface area contributed by atoms with Gasteiger partial charge >= 0.3 is 0 Å². The number of halogens is 1. The van der Waals surface area contributed by atoms with Gasteiger partial charge < -0.3 is 15.2 Å². The van der Waals surface area contributed by atoms with Crippen LogP contribution in [0, 0.1) is 0 Å². The molecule has 27 heavy (non-hydrogen) atoms. The Bertz CT molecular complexity index is 923. The number of rotatable bonds is 6. The zero-order valence-corrected chi connectivity index (χ0v) is 15.5. The molecule has 6 nitrogen and oxygen atoms in total. The quantitative estimate of drug-likeness (QED) is 0.687. The summed E-state index contributed by atoms with van der Waals surface area (Å²) < 4.78 is 1.90. The molecule has 0 spiro atoms. The van der Waals surface area contributed by atoms with Crippen LogP contribution in [0.1, 0.15) is 28.9 Å². The molecule has 0 radical (unpaired) electrons. The monoisotopic (exact) mass is 382 g/mol. The highest BCUT2D eigenvalue weighted by molar-refractivity contribution is 6.30. The standard InChI is InChI=1S/C20H19ClN4O2/c1-14(15-5-7-18(8-6-15)25-10-9-22-13-25)24-19(26)12-23-20(27)16-3-2-4-17(21)11-16/h2-11,13-14H,12H2,1H3,(H,23,27)(H,24,26)/t14-/m0/s1. The number of amides is 2. The van der Waals surface area contributed by atoms with Crippen molar-refractivity contribution in [3.8, 4) is 5.69 Å². The zero-order valence-electron chi connectivity index (χ0n) is 14.7. The van der Waals surface area contributed by atoms with E-state index in [2.05, 4.69) is 15.6 Å². The Morgan fingerprint density at radius 3 is 2.63 bits per heavy atom. The van der Waals surface area contributed by atoms with Crippen molar-refractivity contribution in [1.29, 1.82) is 0 Å². The molecule has 3 rings (SSSR count). The van der Waals surface area contributed by atoms with Crippen molar-refractivity contribution in [2.75, 3.05) is 6.54 Å². The first-order valence-electron chi connectivity index (χ1n) is 8.44. The van der Waals surface area contributed by atoms with Crippen LogP contribution in [-0.2, 0) is 4.79 Å². The summed E-state index contributed by atoms with van der Waals surface area (Å²) in [7, 11) is 0. The third kappa shape index (κ3) is 4.95. The molecule has 138 valence electrons. The summed E-state index contributed by atoms with van der Waals surface area (Å²) in [5, 5.41) is 5.93. The van der Waals surface area contributed by atoms with Gasteiger partial charge in [0.05, 0.1) is 18.9 Å². The van der Waals surface area contributed by atoms with Crippen LogP contribution < -0.4 is 10.6 Å². The number of nitrogens with one attached hydrogen (secondary N) is 2. The van der Waals surface area contributed by atoms with Gasteiger partial charge in [0.1, 0.15) is 0 Å². The number of aromatic nitrogens is 2. The fourth-order valence-corrected chi connectivity index (χ4v) is 2.81. The molecular formula is C20H19ClN4O2. The van der Waals surface area contributed by atoms with E-state index in [4.69, 9.17) is 11.6 Å². The number of carbonyl (C=O) groups excluding carboxylic acids is 2. The number of benzene rings is 2. The summed E-state index contributed by atoms with van der Waals surface area (Å²) in [5.41, 5.74) is 2.37. The number of imidazole rings is 1. The van der Waals surface area contributed by atoms with E-state index in [-0.39, 0.29) is 24.4 Å². The summed E-state index contributed by atoms with van der Waals surface area (Å²) in [6.07, 6.45) is 5.31. The van der Waals surface area contributed by atoms with Gasteiger partial charge in [0, 0.05) is 28.7 Å². The van der Waals surface area contributed by atoms with E-state index in [1.807, 2.05) is 42.0 Å². The predicted octanol–water partition coefficient (Wildman–Crippen LogP) is 3.13. The Hall–Kier alpha value is -3.12. The first kappa shape index (κ1) is 18.7. The lowest BCUT2D eigenvalue weighted by molar-refractivity contribution is -0.120. The third-order valence-electron chi connectivity index (χ3n) is 4.07. The topological polar surface area (TPSA) is 76.0 Å². The molecule has 1 atom stereocenters. The Morgan fingerprint density at radius 2 is 1.96 bits per heavy atom. The molecule has 0 saturated carbocycles. The van der Waals surface area contributed by atoms with E-state index in [9.17, 15) is 9.59 Å². The van der Waals surface area contributed by atoms with Gasteiger partial charge in [-0.1, -0.05) is 29.8 Å². The minimum Gasteiger partial charge on any atom is -0.348 e. The maximum absolute atomic E-state index is 12.1. The molecule has 7 heteroatoms. The molecule has 0 unspecified atom stereocenters. The second-order valence-corrected chi connectivity index (χ2v) is 6.48. The molecular weight excluding hydrogens is 364 g/mol. The first-order valence-corrected chi connectivity index (χ1v) is 8.82. The normalized spacial score (nSPS) is 11.6. The van der Waals surface area contributed by atoms with Crippen LogP contribution in [0.4, 0.5) is 0 Å². The minimum absolute atomic E-state index is 0.108. The highest BCUT2D eigenvalue weighted by atomic mass is 35.5. The molecule has 0 aliphatic rings. The molecule has 2 aromatic carbocycles. The maximum atomic E-state index is 12.1. The van der Waals surface area contributed by atoms with Gasteiger partial charge in [-0.05, 0) is 42.8 Å². The third-order valence-corrected chi connectivity index (χ3v) is 4.30. The fourth-order valence-electron chi connectivity index (χ4n) is 2.62. The highest BCUT2D eigenvalue weighted by Crippen LogP contribution is 2.15. The van der Waals surface area contributed by atoms with E-state index < -0.39 is 0 Å². The van der Waals surface area contributed by atoms with Gasteiger partial charge in [-0.2, -0.15) is 0 Å². The van der Waals surface area contributed by atoms with Crippen LogP contribution in [0.25, 0.3) is 5.69 Å². The molecule has 1 heterocycles. The van der Waals surface area contributed by atoms with Crippen LogP contribution in [-0.4, -0.2) is 27.9 Å². The van der Waals surface area contributed by atoms with Crippen molar-refractivity contribution in [1.82, 2.24) is 20.2 Å². The van der Waals surface area contributed by atoms with Crippen LogP contribution in [0.5, 0.6) is 0 Å². The average molecular weight is 383 g/mol. The molecule has 0 bridgehead atoms. The number of hydrogen-bond acceptors (Lipinski definition) is 3. The van der Waals surface area contributed by atoms with Crippen LogP contribution in [0.15, 0.2) is 67.3 Å². The van der Waals surface area contributed by atoms with E-state index in [1.165, 1.54) is 0 Å². The Morgan fingerprint density at radius 1 is 1.19 bits per heavy atom. The minimum atomic E-state index is -0.343. The zero-order chi connectivity index (χ0) is 19.2. The lowest BCUT2D eigenvalue weighted by atomic mass is 10.1. The van der Waals surface area contributed by atoms with Gasteiger partial charge in [0.15, 0.2) is 0 Å². The van der Waals surface area contributed by atoms with Gasteiger partial charge in [-0.15, -0.1) is 0 Å². The first-order chi connectivity index (χ1) is 13.0. The summed E-state index contributed by atoms with van der Waals surface area (Å²) in [5.74, 6) is -0.610. The SMILES string of the molecule is C[C@H](NC(=O)CNC(=O)c1cccc(Cl)c1)c1ccc(-n2ccnc2)cc1. The molecule has 1 aromatic heterocycles. The van der Waals surface area contributed by atoms with Gasteiger partial charge in [-0.3, -0.25) is 9.59 Å². The van der Waals surface area contributed by atoms with Crippen LogP contribution >= 0.6 is 11.6 Å². The molecule has 0 fully saturated rings. The lowest BCUT2D eigenvalue weighted by Gasteiger charge is -2.15. The van der Waals surface area contributed by atoms with Crippen molar-refractivity contribution in [3.05, 3.63) is 83.4 Å². The molecule has 0 saturated heterocycles. The Labute approximate surface area is 162 Å². The number of nitrogens with zero attached hydrogens (tertiary/aromatic N) is 2. The maximum Gasteiger partial charge on any atom is 0.251 e. The molecule has 0 aliphatic carbocycles. The number of carbonyl (C=O) groups is 2. The van der Waals surface area contributed by atoms with Crippen molar-refractivity contribution >= 4 is 23.4 Å². The average Bonchev–Trinajstić information content (AvgIpc) is 3.21. The summed E-state index contributed by atoms with van der Waals surface area (Å²) in [4.78, 5) is 28.2. The van der Waals surface area contributed by atoms with Crippen molar-refractivity contribution in [2.24, 2.45) is 0 Å². The Kier molecular flexibility index (Phi) is 5.88. The van der Waals surface area contributed by atoms with E-state index in [0.717, 1.165) is 11.3 Å². The second-order valence-electron chi connectivity index (χ2n) is 6.04. The lowest BCUT2D eigenvalue weighted by Crippen LogP contribution is -2.38. The van der Waals surface area contributed by atoms with E-state index in [1.54, 1.807) is 36.8 Å². The van der Waals surface area contributed by atoms with Gasteiger partial charge in [-0.25, -0.2) is 4.98 Å². The highest BCUT2D eigenvalue weighted by Gasteiger charge is 2.12. The second kappa shape index (κ2) is 8.51. The smallest absolute Gasteiger partial charge is 0.251 e. The largest absolute Gasteiger partial charge is 0.348 e. The van der Waals surface area contributed by atoms with Crippen LogP contribution in [0.2, 0.25) is 5.02 Å². The van der Waals surface area contributed by atoms with Gasteiger partial charge in [0.25, 0.3) is 5.91 Å². The summed E-state index contributed by atoms with van der Waals surface area (Å²) in [6, 6.07) is 14.2. The Balaban J connectivity index is 1.52. The fraction of sp³-hybridized carbons (Fsp3) is 0.150. The summed E-state index contributed by atoms with van der Waals surface area (Å²) in [6.45, 7) is 1.78. The molecule has 2 N–H and O–H groups in total. The van der Waals surface area contributed by atoms with Crippen LogP contribution in [0.3, 0.4) is 0 Å². The molecule has 0 aliphatic heterocycles. The molecule has 3 aromatic rings. The van der Waals surface area contributed by atoms with Crippen molar-refractivity contribution in [2.45, 2.75) is 13.0 Å². The predicted molar refractivity (Wildman–Crippen MR) is 104 cm³/mol. The van der Waals surface area contributed by atoms with Crippen molar-refractivity contribution < 1.29 is 9.59 Å². The number of hydrogen-bond donors (Lipinski definition) is 2. The van der Waals surface area contributed by atoms with E-state index >= 15 is 0 Å². The van der Waals surface area contributed by atoms with Crippen molar-refractivity contribution in [3.63, 3.8) is 0 Å². The van der Waals surface area contributed by atoms with Gasteiger partial charge in [0.2, 0.25) is 5.91 Å². The summed E-state index contributed by atoms with van der Waals surface area (Å²) >= 11 is 5.87.